The number of hydrogen-bond acceptors (Lipinski definition) is 6. The van der Waals surface area contributed by atoms with Crippen LogP contribution in [0.1, 0.15) is 68.8 Å². The molecule has 34 heavy (non-hydrogen) atoms. The van der Waals surface area contributed by atoms with Gasteiger partial charge in [0.2, 0.25) is 0 Å². The first kappa shape index (κ1) is 24.5. The molecule has 2 saturated heterocycles. The summed E-state index contributed by atoms with van der Waals surface area (Å²) in [5.41, 5.74) is 1.24. The summed E-state index contributed by atoms with van der Waals surface area (Å²) in [5, 5.41) is 6.69. The third kappa shape index (κ3) is 6.48. The van der Waals surface area contributed by atoms with Crippen LogP contribution < -0.4 is 20.1 Å². The lowest BCUT2D eigenvalue weighted by Gasteiger charge is -2.51. The lowest BCUT2D eigenvalue weighted by molar-refractivity contribution is -0.0166. The molecule has 2 aliphatic rings. The van der Waals surface area contributed by atoms with Gasteiger partial charge in [0.15, 0.2) is 0 Å². The quantitative estimate of drug-likeness (QED) is 0.461. The number of nitrogens with zero attached hydrogens (tertiary/aromatic N) is 2. The summed E-state index contributed by atoms with van der Waals surface area (Å²) in [6.07, 6.45) is 11.4. The van der Waals surface area contributed by atoms with Crippen molar-refractivity contribution in [2.75, 3.05) is 38.2 Å². The Balaban J connectivity index is 1.20. The monoisotopic (exact) mass is 466 g/mol. The van der Waals surface area contributed by atoms with Gasteiger partial charge in [-0.05, 0) is 94.4 Å². The van der Waals surface area contributed by atoms with Crippen LogP contribution >= 0.6 is 0 Å². The predicted molar refractivity (Wildman–Crippen MR) is 135 cm³/mol. The van der Waals surface area contributed by atoms with Crippen molar-refractivity contribution >= 4 is 11.6 Å². The highest BCUT2D eigenvalue weighted by molar-refractivity contribution is 6.02. The number of anilines is 1. The Kier molecular flexibility index (Phi) is 8.77. The summed E-state index contributed by atoms with van der Waals surface area (Å²) in [7, 11) is 0. The number of carbonyl (C=O) groups is 1. The van der Waals surface area contributed by atoms with E-state index in [-0.39, 0.29) is 11.6 Å². The number of benzene rings is 1. The van der Waals surface area contributed by atoms with Gasteiger partial charge in [-0.3, -0.25) is 15.0 Å². The van der Waals surface area contributed by atoms with Crippen molar-refractivity contribution in [3.63, 3.8) is 0 Å². The van der Waals surface area contributed by atoms with Crippen molar-refractivity contribution in [3.05, 3.63) is 48.3 Å². The van der Waals surface area contributed by atoms with Gasteiger partial charge in [0.1, 0.15) is 23.8 Å². The van der Waals surface area contributed by atoms with Crippen LogP contribution in [0.2, 0.25) is 0 Å². The number of aromatic nitrogens is 1. The van der Waals surface area contributed by atoms with Gasteiger partial charge in [0, 0.05) is 12.2 Å². The van der Waals surface area contributed by atoms with Crippen LogP contribution in [0, 0.1) is 0 Å². The number of fused-ring (bicyclic) bond motifs is 1. The second-order valence-electron chi connectivity index (χ2n) is 9.27. The zero-order valence-corrected chi connectivity index (χ0v) is 20.4. The topological polar surface area (TPSA) is 75.7 Å². The number of nitrogens with one attached hydrogen (secondary N) is 2. The van der Waals surface area contributed by atoms with Crippen molar-refractivity contribution in [2.45, 2.75) is 64.0 Å². The third-order valence-electron chi connectivity index (χ3n) is 6.81. The van der Waals surface area contributed by atoms with E-state index in [2.05, 4.69) is 27.4 Å². The lowest BCUT2D eigenvalue weighted by Crippen LogP contribution is -2.63. The van der Waals surface area contributed by atoms with Gasteiger partial charge in [-0.15, -0.1) is 0 Å². The number of unbranched alkanes of at least 4 members (excludes halogenated alkanes) is 1. The fraction of sp³-hybridized carbons (Fsp3) is 0.556. The summed E-state index contributed by atoms with van der Waals surface area (Å²) < 4.78 is 11.5. The first-order valence-corrected chi connectivity index (χ1v) is 12.8. The summed E-state index contributed by atoms with van der Waals surface area (Å²) >= 11 is 0. The molecule has 2 N–H and O–H groups in total. The maximum atomic E-state index is 12.5. The molecule has 0 unspecified atom stereocenters. The van der Waals surface area contributed by atoms with E-state index in [4.69, 9.17) is 9.47 Å². The van der Waals surface area contributed by atoms with Crippen LogP contribution in [0.5, 0.6) is 11.5 Å². The maximum Gasteiger partial charge on any atom is 0.274 e. The molecule has 7 heteroatoms. The van der Waals surface area contributed by atoms with Gasteiger partial charge in [0.25, 0.3) is 5.91 Å². The van der Waals surface area contributed by atoms with E-state index in [1.54, 1.807) is 18.3 Å². The molecule has 7 nitrogen and oxygen atoms in total. The average Bonchev–Trinajstić information content (AvgIpc) is 2.88. The van der Waals surface area contributed by atoms with Crippen molar-refractivity contribution in [2.24, 2.45) is 0 Å². The second kappa shape index (κ2) is 12.2. The third-order valence-corrected chi connectivity index (χ3v) is 6.81. The Hall–Kier alpha value is -2.64. The largest absolute Gasteiger partial charge is 0.492 e. The minimum absolute atomic E-state index is 0.182. The average molecular weight is 467 g/mol. The number of pyridine rings is 1. The van der Waals surface area contributed by atoms with Crippen LogP contribution in [-0.2, 0) is 0 Å². The minimum Gasteiger partial charge on any atom is -0.492 e. The molecule has 0 saturated carbocycles. The Morgan fingerprint density at radius 1 is 0.971 bits per heavy atom. The molecule has 2 aliphatic heterocycles. The van der Waals surface area contributed by atoms with Crippen molar-refractivity contribution in [1.82, 2.24) is 15.2 Å². The Morgan fingerprint density at radius 3 is 2.35 bits per heavy atom. The normalized spacial score (nSPS) is 17.6. The minimum atomic E-state index is -0.248. The highest BCUT2D eigenvalue weighted by Gasteiger charge is 2.39. The van der Waals surface area contributed by atoms with Gasteiger partial charge in [-0.1, -0.05) is 13.3 Å². The second-order valence-corrected chi connectivity index (χ2v) is 9.27. The van der Waals surface area contributed by atoms with Crippen molar-refractivity contribution < 1.29 is 14.3 Å². The smallest absolute Gasteiger partial charge is 0.274 e. The number of ether oxygens (including phenoxy) is 2. The summed E-state index contributed by atoms with van der Waals surface area (Å²) in [6.45, 7) is 6.66. The molecular formula is C27H38N4O3. The van der Waals surface area contributed by atoms with Crippen LogP contribution in [0.3, 0.4) is 0 Å². The number of amides is 1. The standard InChI is InChI=1S/C27H38N4O3/c1-2-3-19-33-24-12-13-25(28-21-24)26(32)30-22-8-10-23(11-9-22)34-20-16-29-27-14-4-6-17-31(27)18-7-5-15-27/h8-13,21,29H,2-7,14-20H2,1H3,(H,30,32). The molecule has 1 amide bonds. The summed E-state index contributed by atoms with van der Waals surface area (Å²) in [4.78, 5) is 19.4. The van der Waals surface area contributed by atoms with Gasteiger partial charge in [-0.25, -0.2) is 4.98 Å². The first-order chi connectivity index (χ1) is 16.7. The van der Waals surface area contributed by atoms with Gasteiger partial charge in [-0.2, -0.15) is 0 Å². The van der Waals surface area contributed by atoms with Gasteiger partial charge >= 0.3 is 0 Å². The highest BCUT2D eigenvalue weighted by Crippen LogP contribution is 2.34. The van der Waals surface area contributed by atoms with Crippen molar-refractivity contribution in [3.8, 4) is 11.5 Å². The zero-order valence-electron chi connectivity index (χ0n) is 20.4. The predicted octanol–water partition coefficient (Wildman–Crippen LogP) is 4.85. The fourth-order valence-corrected chi connectivity index (χ4v) is 4.93. The summed E-state index contributed by atoms with van der Waals surface area (Å²) in [6, 6.07) is 10.9. The molecule has 0 radical (unpaired) electrons. The number of carbonyl (C=O) groups excluding carboxylic acids is 1. The first-order valence-electron chi connectivity index (χ1n) is 12.8. The molecule has 3 heterocycles. The zero-order chi connectivity index (χ0) is 23.6. The Morgan fingerprint density at radius 2 is 1.68 bits per heavy atom. The van der Waals surface area contributed by atoms with E-state index >= 15 is 0 Å². The number of rotatable bonds is 11. The van der Waals surface area contributed by atoms with E-state index in [9.17, 15) is 4.79 Å². The maximum absolute atomic E-state index is 12.5. The van der Waals surface area contributed by atoms with Crippen LogP contribution in [0.25, 0.3) is 0 Å². The molecule has 2 aromatic rings. The van der Waals surface area contributed by atoms with E-state index in [1.165, 1.54) is 51.6 Å². The van der Waals surface area contributed by atoms with Gasteiger partial charge in [0.05, 0.1) is 18.5 Å². The summed E-state index contributed by atoms with van der Waals surface area (Å²) in [5.74, 6) is 1.23. The van der Waals surface area contributed by atoms with E-state index in [0.717, 1.165) is 25.1 Å². The lowest BCUT2D eigenvalue weighted by atomic mass is 9.86. The molecule has 2 fully saturated rings. The van der Waals surface area contributed by atoms with Crippen molar-refractivity contribution in [1.29, 1.82) is 0 Å². The Labute approximate surface area is 203 Å². The number of piperidine rings is 2. The molecular weight excluding hydrogens is 428 g/mol. The van der Waals surface area contributed by atoms with E-state index in [0.29, 0.717) is 30.3 Å². The Bertz CT molecular complexity index is 889. The van der Waals surface area contributed by atoms with Crippen LogP contribution in [0.4, 0.5) is 5.69 Å². The molecule has 0 bridgehead atoms. The number of hydrogen-bond donors (Lipinski definition) is 2. The highest BCUT2D eigenvalue weighted by atomic mass is 16.5. The molecule has 0 atom stereocenters. The molecule has 1 aromatic carbocycles. The van der Waals surface area contributed by atoms with Crippen LogP contribution in [-0.4, -0.2) is 54.3 Å². The molecule has 1 aromatic heterocycles. The molecule has 184 valence electrons. The molecule has 0 spiro atoms. The SMILES string of the molecule is CCCCOc1ccc(C(=O)Nc2ccc(OCCNC34CCCCN3CCCC4)cc2)nc1. The fourth-order valence-electron chi connectivity index (χ4n) is 4.93. The van der Waals surface area contributed by atoms with E-state index in [1.807, 2.05) is 24.3 Å². The van der Waals surface area contributed by atoms with Crippen LogP contribution in [0.15, 0.2) is 42.6 Å². The molecule has 4 rings (SSSR count). The van der Waals surface area contributed by atoms with E-state index < -0.39 is 0 Å². The van der Waals surface area contributed by atoms with Gasteiger partial charge < -0.3 is 14.8 Å². The molecule has 0 aliphatic carbocycles.